The van der Waals surface area contributed by atoms with E-state index in [9.17, 15) is 4.79 Å². The number of carbonyl (C=O) groups is 1. The third-order valence-corrected chi connectivity index (χ3v) is 3.84. The second kappa shape index (κ2) is 8.60. The minimum atomic E-state index is -0.760. The van der Waals surface area contributed by atoms with E-state index in [2.05, 4.69) is 6.07 Å². The van der Waals surface area contributed by atoms with E-state index in [0.717, 1.165) is 24.2 Å². The number of rotatable bonds is 8. The van der Waals surface area contributed by atoms with E-state index in [4.69, 9.17) is 10.4 Å². The van der Waals surface area contributed by atoms with Gasteiger partial charge in [-0.15, -0.1) is 11.8 Å². The van der Waals surface area contributed by atoms with E-state index >= 15 is 0 Å². The van der Waals surface area contributed by atoms with E-state index in [0.29, 0.717) is 12.8 Å². The maximum absolute atomic E-state index is 11.2. The molecular formula is C14H17NO2S. The van der Waals surface area contributed by atoms with Gasteiger partial charge in [0.25, 0.3) is 0 Å². The van der Waals surface area contributed by atoms with Crippen LogP contribution in [0.3, 0.4) is 0 Å². The first-order valence-electron chi connectivity index (χ1n) is 5.99. The predicted octanol–water partition coefficient (Wildman–Crippen LogP) is 3.11. The molecule has 0 aliphatic rings. The molecule has 0 aliphatic carbocycles. The molecule has 0 fully saturated rings. The van der Waals surface area contributed by atoms with E-state index in [1.54, 1.807) is 0 Å². The van der Waals surface area contributed by atoms with Gasteiger partial charge in [0.05, 0.1) is 6.07 Å². The lowest BCUT2D eigenvalue weighted by molar-refractivity contribution is -0.136. The third kappa shape index (κ3) is 5.74. The van der Waals surface area contributed by atoms with Crippen molar-refractivity contribution in [2.75, 3.05) is 5.75 Å². The highest BCUT2D eigenvalue weighted by atomic mass is 32.2. The molecule has 18 heavy (non-hydrogen) atoms. The molecule has 0 saturated heterocycles. The SMILES string of the molecule is N#CCCCCSC(Cc1ccccc1)C(=O)O. The Morgan fingerprint density at radius 2 is 2.06 bits per heavy atom. The van der Waals surface area contributed by atoms with Gasteiger partial charge in [0.1, 0.15) is 5.25 Å². The van der Waals surface area contributed by atoms with Crippen molar-refractivity contribution < 1.29 is 9.90 Å². The molecule has 4 heteroatoms. The van der Waals surface area contributed by atoms with Gasteiger partial charge in [-0.3, -0.25) is 4.79 Å². The fraction of sp³-hybridized carbons (Fsp3) is 0.429. The molecule has 0 amide bonds. The fourth-order valence-electron chi connectivity index (χ4n) is 1.58. The minimum absolute atomic E-state index is 0.394. The molecule has 0 saturated carbocycles. The van der Waals surface area contributed by atoms with Crippen LogP contribution in [-0.2, 0) is 11.2 Å². The van der Waals surface area contributed by atoms with Crippen molar-refractivity contribution in [2.45, 2.75) is 30.9 Å². The Kier molecular flexibility index (Phi) is 6.97. The smallest absolute Gasteiger partial charge is 0.316 e. The molecule has 0 aliphatic heterocycles. The lowest BCUT2D eigenvalue weighted by Crippen LogP contribution is -2.19. The second-order valence-electron chi connectivity index (χ2n) is 4.00. The molecule has 0 heterocycles. The Hall–Kier alpha value is -1.47. The largest absolute Gasteiger partial charge is 0.480 e. The Bertz CT molecular complexity index is 400. The van der Waals surface area contributed by atoms with Crippen molar-refractivity contribution in [2.24, 2.45) is 0 Å². The first kappa shape index (κ1) is 14.6. The van der Waals surface area contributed by atoms with Gasteiger partial charge in [-0.05, 0) is 30.6 Å². The quantitative estimate of drug-likeness (QED) is 0.732. The van der Waals surface area contributed by atoms with Crippen LogP contribution in [0.1, 0.15) is 24.8 Å². The molecule has 3 nitrogen and oxygen atoms in total. The van der Waals surface area contributed by atoms with Crippen molar-refractivity contribution in [3.8, 4) is 6.07 Å². The highest BCUT2D eigenvalue weighted by Gasteiger charge is 2.17. The molecule has 1 aromatic carbocycles. The van der Waals surface area contributed by atoms with Gasteiger partial charge in [-0.1, -0.05) is 30.3 Å². The van der Waals surface area contributed by atoms with E-state index in [1.807, 2.05) is 30.3 Å². The van der Waals surface area contributed by atoms with Crippen LogP contribution in [-0.4, -0.2) is 22.1 Å². The summed E-state index contributed by atoms with van der Waals surface area (Å²) in [6, 6.07) is 11.8. The second-order valence-corrected chi connectivity index (χ2v) is 5.31. The first-order chi connectivity index (χ1) is 8.74. The van der Waals surface area contributed by atoms with Crippen LogP contribution in [0.15, 0.2) is 30.3 Å². The van der Waals surface area contributed by atoms with Crippen molar-refractivity contribution in [1.29, 1.82) is 5.26 Å². The maximum Gasteiger partial charge on any atom is 0.316 e. The van der Waals surface area contributed by atoms with Gasteiger partial charge in [0.2, 0.25) is 0 Å². The summed E-state index contributed by atoms with van der Waals surface area (Å²) in [4.78, 5) is 11.2. The van der Waals surface area contributed by atoms with E-state index in [-0.39, 0.29) is 0 Å². The van der Waals surface area contributed by atoms with Crippen LogP contribution in [0.5, 0.6) is 0 Å². The van der Waals surface area contributed by atoms with Crippen LogP contribution >= 0.6 is 11.8 Å². The number of nitriles is 1. The third-order valence-electron chi connectivity index (χ3n) is 2.54. The highest BCUT2D eigenvalue weighted by molar-refractivity contribution is 8.00. The molecule has 0 bridgehead atoms. The molecule has 0 aromatic heterocycles. The molecule has 1 atom stereocenters. The van der Waals surface area contributed by atoms with Crippen LogP contribution in [0.2, 0.25) is 0 Å². The molecule has 1 N–H and O–H groups in total. The summed E-state index contributed by atoms with van der Waals surface area (Å²) < 4.78 is 0. The number of unbranched alkanes of at least 4 members (excludes halogenated alkanes) is 2. The molecule has 96 valence electrons. The number of carboxylic acid groups (broad SMARTS) is 1. The number of hydrogen-bond acceptors (Lipinski definition) is 3. The summed E-state index contributed by atoms with van der Waals surface area (Å²) in [7, 11) is 0. The summed E-state index contributed by atoms with van der Waals surface area (Å²) in [5.74, 6) is 0.0370. The van der Waals surface area contributed by atoms with Gasteiger partial charge >= 0.3 is 5.97 Å². The average Bonchev–Trinajstić information content (AvgIpc) is 2.38. The first-order valence-corrected chi connectivity index (χ1v) is 7.04. The Morgan fingerprint density at radius 1 is 1.33 bits per heavy atom. The van der Waals surface area contributed by atoms with Crippen molar-refractivity contribution in [3.05, 3.63) is 35.9 Å². The summed E-state index contributed by atoms with van der Waals surface area (Å²) in [5.41, 5.74) is 1.05. The highest BCUT2D eigenvalue weighted by Crippen LogP contribution is 2.18. The van der Waals surface area contributed by atoms with Crippen molar-refractivity contribution in [1.82, 2.24) is 0 Å². The zero-order chi connectivity index (χ0) is 13.2. The molecule has 1 unspecified atom stereocenters. The topological polar surface area (TPSA) is 61.1 Å². The lowest BCUT2D eigenvalue weighted by Gasteiger charge is -2.11. The number of aliphatic carboxylic acids is 1. The standard InChI is InChI=1S/C14H17NO2S/c15-9-5-2-6-10-18-13(14(16)17)11-12-7-3-1-4-8-12/h1,3-4,7-8,13H,2,5-6,10-11H2,(H,16,17). The van der Waals surface area contributed by atoms with Gasteiger partial charge in [0.15, 0.2) is 0 Å². The Morgan fingerprint density at radius 3 is 2.67 bits per heavy atom. The van der Waals surface area contributed by atoms with E-state index < -0.39 is 11.2 Å². The number of nitrogens with zero attached hydrogens (tertiary/aromatic N) is 1. The average molecular weight is 263 g/mol. The number of benzene rings is 1. The zero-order valence-electron chi connectivity index (χ0n) is 10.2. The molecule has 1 aromatic rings. The van der Waals surface area contributed by atoms with Crippen LogP contribution in [0, 0.1) is 11.3 Å². The van der Waals surface area contributed by atoms with Gasteiger partial charge < -0.3 is 5.11 Å². The zero-order valence-corrected chi connectivity index (χ0v) is 11.0. The van der Waals surface area contributed by atoms with Crippen LogP contribution < -0.4 is 0 Å². The summed E-state index contributed by atoms with van der Waals surface area (Å²) in [6.07, 6.45) is 2.86. The van der Waals surface area contributed by atoms with Crippen LogP contribution in [0.25, 0.3) is 0 Å². The normalized spacial score (nSPS) is 11.7. The maximum atomic E-state index is 11.2. The molecule has 0 spiro atoms. The van der Waals surface area contributed by atoms with Crippen molar-refractivity contribution in [3.63, 3.8) is 0 Å². The van der Waals surface area contributed by atoms with E-state index in [1.165, 1.54) is 11.8 Å². The lowest BCUT2D eigenvalue weighted by atomic mass is 10.1. The van der Waals surface area contributed by atoms with Crippen molar-refractivity contribution >= 4 is 17.7 Å². The Balaban J connectivity index is 2.37. The Labute approximate surface area is 112 Å². The number of thioether (sulfide) groups is 1. The fourth-order valence-corrected chi connectivity index (χ4v) is 2.69. The molecule has 0 radical (unpaired) electrons. The number of hydrogen-bond donors (Lipinski definition) is 1. The monoisotopic (exact) mass is 263 g/mol. The van der Waals surface area contributed by atoms with Gasteiger partial charge in [-0.25, -0.2) is 0 Å². The minimum Gasteiger partial charge on any atom is -0.480 e. The molecular weight excluding hydrogens is 246 g/mol. The predicted molar refractivity (Wildman–Crippen MR) is 73.5 cm³/mol. The number of carboxylic acids is 1. The summed E-state index contributed by atoms with van der Waals surface area (Å²) >= 11 is 1.47. The van der Waals surface area contributed by atoms with Crippen LogP contribution in [0.4, 0.5) is 0 Å². The summed E-state index contributed by atoms with van der Waals surface area (Å²) in [6.45, 7) is 0. The van der Waals surface area contributed by atoms with Gasteiger partial charge in [-0.2, -0.15) is 5.26 Å². The molecule has 1 rings (SSSR count). The van der Waals surface area contributed by atoms with Gasteiger partial charge in [0, 0.05) is 6.42 Å². The summed E-state index contributed by atoms with van der Waals surface area (Å²) in [5, 5.41) is 17.2.